The Bertz CT molecular complexity index is 525. The van der Waals surface area contributed by atoms with Gasteiger partial charge in [0.2, 0.25) is 0 Å². The van der Waals surface area contributed by atoms with Crippen molar-refractivity contribution in [2.24, 2.45) is 5.73 Å². The molecule has 2 aromatic carbocycles. The fraction of sp³-hybridized carbons (Fsp3) is 0.200. The van der Waals surface area contributed by atoms with Crippen LogP contribution in [0, 0.1) is 0 Å². The molecule has 19 heavy (non-hydrogen) atoms. The number of benzene rings is 2. The second-order valence-electron chi connectivity index (χ2n) is 4.16. The van der Waals surface area contributed by atoms with E-state index < -0.39 is 0 Å². The van der Waals surface area contributed by atoms with E-state index in [4.69, 9.17) is 15.2 Å². The van der Waals surface area contributed by atoms with Gasteiger partial charge in [0.1, 0.15) is 12.4 Å². The van der Waals surface area contributed by atoms with Crippen LogP contribution in [-0.4, -0.2) is 18.8 Å². The molecule has 2 rings (SSSR count). The molecule has 0 fully saturated rings. The Kier molecular flexibility index (Phi) is 4.26. The summed E-state index contributed by atoms with van der Waals surface area (Å²) in [5.74, 6) is 1.34. The molecule has 0 aliphatic heterocycles. The van der Waals surface area contributed by atoms with Gasteiger partial charge in [-0.05, 0) is 29.8 Å². The van der Waals surface area contributed by atoms with E-state index in [2.05, 4.69) is 0 Å². The van der Waals surface area contributed by atoms with Crippen LogP contribution < -0.4 is 15.2 Å². The largest absolute Gasteiger partial charge is 0.504 e. The molecular formula is C15H17NO3. The number of phenols is 1. The molecule has 4 heteroatoms. The molecule has 0 aliphatic rings. The highest BCUT2D eigenvalue weighted by Gasteiger charge is 2.08. The lowest BCUT2D eigenvalue weighted by Gasteiger charge is -2.14. The van der Waals surface area contributed by atoms with E-state index in [1.807, 2.05) is 24.3 Å². The molecule has 1 atom stereocenters. The van der Waals surface area contributed by atoms with Crippen LogP contribution in [0.15, 0.2) is 48.5 Å². The summed E-state index contributed by atoms with van der Waals surface area (Å²) in [6, 6.07) is 14.1. The number of aromatic hydroxyl groups is 1. The predicted molar refractivity (Wildman–Crippen MR) is 73.5 cm³/mol. The third kappa shape index (κ3) is 3.39. The maximum absolute atomic E-state index is 9.58. The van der Waals surface area contributed by atoms with Crippen molar-refractivity contribution in [3.05, 3.63) is 54.1 Å². The third-order valence-corrected chi connectivity index (χ3v) is 2.83. The highest BCUT2D eigenvalue weighted by molar-refractivity contribution is 5.38. The molecule has 1 unspecified atom stereocenters. The lowest BCUT2D eigenvalue weighted by atomic mass is 10.1. The first-order valence-corrected chi connectivity index (χ1v) is 6.01. The molecule has 0 saturated heterocycles. The highest BCUT2D eigenvalue weighted by atomic mass is 16.5. The van der Waals surface area contributed by atoms with Crippen molar-refractivity contribution in [1.29, 1.82) is 0 Å². The molecular weight excluding hydrogens is 242 g/mol. The summed E-state index contributed by atoms with van der Waals surface area (Å²) >= 11 is 0. The molecule has 0 amide bonds. The molecule has 0 spiro atoms. The lowest BCUT2D eigenvalue weighted by Crippen LogP contribution is -2.18. The van der Waals surface area contributed by atoms with Gasteiger partial charge in [0, 0.05) is 0 Å². The van der Waals surface area contributed by atoms with Crippen LogP contribution in [0.2, 0.25) is 0 Å². The van der Waals surface area contributed by atoms with Crippen LogP contribution in [0.5, 0.6) is 17.2 Å². The van der Waals surface area contributed by atoms with Crippen LogP contribution in [-0.2, 0) is 0 Å². The smallest absolute Gasteiger partial charge is 0.161 e. The summed E-state index contributed by atoms with van der Waals surface area (Å²) in [5.41, 5.74) is 6.99. The molecule has 100 valence electrons. The van der Waals surface area contributed by atoms with Gasteiger partial charge in [0.05, 0.1) is 13.2 Å². The molecule has 0 bridgehead atoms. The summed E-state index contributed by atoms with van der Waals surface area (Å²) in [6.07, 6.45) is 0. The van der Waals surface area contributed by atoms with E-state index in [-0.39, 0.29) is 11.8 Å². The number of rotatable bonds is 5. The van der Waals surface area contributed by atoms with E-state index in [0.717, 1.165) is 11.3 Å². The van der Waals surface area contributed by atoms with Crippen LogP contribution in [0.4, 0.5) is 0 Å². The van der Waals surface area contributed by atoms with Crippen molar-refractivity contribution in [1.82, 2.24) is 0 Å². The molecule has 0 heterocycles. The standard InChI is InChI=1S/C15H17NO3/c1-18-12-8-6-11(7-9-12)13(16)10-19-15-5-3-2-4-14(15)17/h2-9,13,17H,10,16H2,1H3. The van der Waals surface area contributed by atoms with E-state index in [0.29, 0.717) is 12.4 Å². The van der Waals surface area contributed by atoms with Gasteiger partial charge >= 0.3 is 0 Å². The average Bonchev–Trinajstić information content (AvgIpc) is 2.46. The molecule has 4 nitrogen and oxygen atoms in total. The maximum Gasteiger partial charge on any atom is 0.161 e. The first-order chi connectivity index (χ1) is 9.20. The minimum absolute atomic E-state index is 0.115. The number of para-hydroxylation sites is 2. The molecule has 0 saturated carbocycles. The zero-order chi connectivity index (χ0) is 13.7. The van der Waals surface area contributed by atoms with Crippen LogP contribution >= 0.6 is 0 Å². The minimum Gasteiger partial charge on any atom is -0.504 e. The number of nitrogens with two attached hydrogens (primary N) is 1. The first kappa shape index (κ1) is 13.2. The fourth-order valence-corrected chi connectivity index (χ4v) is 1.71. The average molecular weight is 259 g/mol. The van der Waals surface area contributed by atoms with Gasteiger partial charge in [0.25, 0.3) is 0 Å². The van der Waals surface area contributed by atoms with Gasteiger partial charge in [-0.1, -0.05) is 24.3 Å². The van der Waals surface area contributed by atoms with Gasteiger partial charge in [-0.3, -0.25) is 0 Å². The van der Waals surface area contributed by atoms with Crippen LogP contribution in [0.3, 0.4) is 0 Å². The van der Waals surface area contributed by atoms with Gasteiger partial charge in [-0.25, -0.2) is 0 Å². The van der Waals surface area contributed by atoms with Crippen molar-refractivity contribution >= 4 is 0 Å². The molecule has 0 aliphatic carbocycles. The molecule has 0 aromatic heterocycles. The van der Waals surface area contributed by atoms with Crippen molar-refractivity contribution in [2.75, 3.05) is 13.7 Å². The van der Waals surface area contributed by atoms with Crippen molar-refractivity contribution in [3.8, 4) is 17.2 Å². The summed E-state index contributed by atoms with van der Waals surface area (Å²) in [6.45, 7) is 0.296. The Labute approximate surface area is 112 Å². The molecule has 2 aromatic rings. The van der Waals surface area contributed by atoms with E-state index in [1.54, 1.807) is 31.4 Å². The monoisotopic (exact) mass is 259 g/mol. The van der Waals surface area contributed by atoms with Gasteiger partial charge in [-0.15, -0.1) is 0 Å². The Morgan fingerprint density at radius 1 is 1.11 bits per heavy atom. The quantitative estimate of drug-likeness (QED) is 0.865. The number of ether oxygens (including phenoxy) is 2. The summed E-state index contributed by atoms with van der Waals surface area (Å²) < 4.78 is 10.6. The predicted octanol–water partition coefficient (Wildman–Crippen LogP) is 2.48. The van der Waals surface area contributed by atoms with Gasteiger partial charge in [0.15, 0.2) is 11.5 Å². The minimum atomic E-state index is -0.259. The van der Waals surface area contributed by atoms with Gasteiger partial charge in [-0.2, -0.15) is 0 Å². The Hall–Kier alpha value is -2.20. The summed E-state index contributed by atoms with van der Waals surface area (Å²) in [7, 11) is 1.62. The second kappa shape index (κ2) is 6.11. The highest BCUT2D eigenvalue weighted by Crippen LogP contribution is 2.25. The fourth-order valence-electron chi connectivity index (χ4n) is 1.71. The van der Waals surface area contributed by atoms with Crippen molar-refractivity contribution in [3.63, 3.8) is 0 Å². The summed E-state index contributed by atoms with van der Waals surface area (Å²) in [5, 5.41) is 9.58. The molecule has 3 N–H and O–H groups in total. The number of hydrogen-bond acceptors (Lipinski definition) is 4. The Balaban J connectivity index is 1.97. The Morgan fingerprint density at radius 3 is 2.42 bits per heavy atom. The SMILES string of the molecule is COc1ccc(C(N)COc2ccccc2O)cc1. The molecule has 0 radical (unpaired) electrons. The maximum atomic E-state index is 9.58. The van der Waals surface area contributed by atoms with Crippen molar-refractivity contribution in [2.45, 2.75) is 6.04 Å². The van der Waals surface area contributed by atoms with Crippen LogP contribution in [0.1, 0.15) is 11.6 Å². The van der Waals surface area contributed by atoms with Crippen molar-refractivity contribution < 1.29 is 14.6 Å². The van der Waals surface area contributed by atoms with E-state index in [1.165, 1.54) is 0 Å². The second-order valence-corrected chi connectivity index (χ2v) is 4.16. The lowest BCUT2D eigenvalue weighted by molar-refractivity contribution is 0.276. The normalized spacial score (nSPS) is 11.9. The number of phenolic OH excluding ortho intramolecular Hbond substituents is 1. The first-order valence-electron chi connectivity index (χ1n) is 6.01. The zero-order valence-electron chi connectivity index (χ0n) is 10.7. The van der Waals surface area contributed by atoms with E-state index in [9.17, 15) is 5.11 Å². The Morgan fingerprint density at radius 2 is 1.79 bits per heavy atom. The van der Waals surface area contributed by atoms with Gasteiger partial charge < -0.3 is 20.3 Å². The summed E-state index contributed by atoms with van der Waals surface area (Å²) in [4.78, 5) is 0. The number of methoxy groups -OCH3 is 1. The third-order valence-electron chi connectivity index (χ3n) is 2.83. The topological polar surface area (TPSA) is 64.7 Å². The zero-order valence-corrected chi connectivity index (χ0v) is 10.7. The van der Waals surface area contributed by atoms with E-state index >= 15 is 0 Å². The number of hydrogen-bond donors (Lipinski definition) is 2. The van der Waals surface area contributed by atoms with Crippen LogP contribution in [0.25, 0.3) is 0 Å².